The molecule has 7 nitrogen and oxygen atoms in total. The fraction of sp³-hybridized carbons (Fsp3) is 0.545. The van der Waals surface area contributed by atoms with Gasteiger partial charge in [0.2, 0.25) is 5.89 Å². The summed E-state index contributed by atoms with van der Waals surface area (Å²) in [6.45, 7) is 4.22. The van der Waals surface area contributed by atoms with Crippen molar-refractivity contribution in [3.05, 3.63) is 24.1 Å². The Kier molecular flexibility index (Phi) is 4.30. The predicted octanol–water partition coefficient (Wildman–Crippen LogP) is 0.915. The van der Waals surface area contributed by atoms with Gasteiger partial charge in [-0.15, -0.1) is 5.10 Å². The number of nitrogens with one attached hydrogen (secondary N) is 2. The summed E-state index contributed by atoms with van der Waals surface area (Å²) < 4.78 is 7.37. The van der Waals surface area contributed by atoms with Gasteiger partial charge < -0.3 is 19.6 Å². The predicted molar refractivity (Wildman–Crippen MR) is 66.8 cm³/mol. The highest BCUT2D eigenvalue weighted by molar-refractivity contribution is 5.18. The number of hydrogen-bond donors (Lipinski definition) is 2. The van der Waals surface area contributed by atoms with E-state index in [1.165, 1.54) is 0 Å². The number of rotatable bonds is 7. The van der Waals surface area contributed by atoms with E-state index in [1.54, 1.807) is 6.20 Å². The molecular formula is C11H18N6O. The molecule has 0 amide bonds. The van der Waals surface area contributed by atoms with E-state index in [0.717, 1.165) is 18.8 Å². The number of hydrogen-bond acceptors (Lipinski definition) is 6. The molecule has 2 aromatic rings. The van der Waals surface area contributed by atoms with E-state index in [0.29, 0.717) is 25.0 Å². The fourth-order valence-corrected chi connectivity index (χ4v) is 1.49. The largest absolute Gasteiger partial charge is 0.407 e. The molecule has 2 aromatic heterocycles. The summed E-state index contributed by atoms with van der Waals surface area (Å²) >= 11 is 0. The van der Waals surface area contributed by atoms with Crippen molar-refractivity contribution < 1.29 is 4.42 Å². The maximum absolute atomic E-state index is 5.44. The maximum atomic E-state index is 5.44. The Hall–Kier alpha value is -1.89. The third kappa shape index (κ3) is 3.30. The van der Waals surface area contributed by atoms with E-state index < -0.39 is 0 Å². The lowest BCUT2D eigenvalue weighted by atomic mass is 10.5. The van der Waals surface area contributed by atoms with Crippen molar-refractivity contribution >= 4 is 6.01 Å². The average molecular weight is 250 g/mol. The molecule has 18 heavy (non-hydrogen) atoms. The lowest BCUT2D eigenvalue weighted by Crippen LogP contribution is -2.13. The van der Waals surface area contributed by atoms with E-state index >= 15 is 0 Å². The highest BCUT2D eigenvalue weighted by atomic mass is 16.4. The normalized spacial score (nSPS) is 10.8. The summed E-state index contributed by atoms with van der Waals surface area (Å²) in [7, 11) is 1.94. The molecule has 98 valence electrons. The van der Waals surface area contributed by atoms with Gasteiger partial charge in [-0.05, 0) is 13.0 Å². The van der Waals surface area contributed by atoms with Crippen LogP contribution < -0.4 is 10.6 Å². The van der Waals surface area contributed by atoms with Crippen molar-refractivity contribution in [2.45, 2.75) is 26.4 Å². The van der Waals surface area contributed by atoms with Crippen LogP contribution in [0.2, 0.25) is 0 Å². The first kappa shape index (κ1) is 12.6. The van der Waals surface area contributed by atoms with E-state index in [2.05, 4.69) is 32.7 Å². The van der Waals surface area contributed by atoms with Crippen molar-refractivity contribution in [2.75, 3.05) is 11.9 Å². The summed E-state index contributed by atoms with van der Waals surface area (Å²) in [6, 6.07) is 0.422. The number of nitrogens with zero attached hydrogens (tertiary/aromatic N) is 4. The summed E-state index contributed by atoms with van der Waals surface area (Å²) in [5.74, 6) is 1.50. The van der Waals surface area contributed by atoms with Gasteiger partial charge in [-0.3, -0.25) is 0 Å². The standard InChI is InChI=1S/C11H18N6O/c1-3-4-12-8-10-15-16-11(18-10)14-7-9-13-5-6-17(9)2/h5-6,12H,3-4,7-8H2,1-2H3,(H,14,16). The molecule has 0 bridgehead atoms. The van der Waals surface area contributed by atoms with Crippen LogP contribution in [0.1, 0.15) is 25.1 Å². The number of aryl methyl sites for hydroxylation is 1. The quantitative estimate of drug-likeness (QED) is 0.711. The summed E-state index contributed by atoms with van der Waals surface area (Å²) in [4.78, 5) is 4.20. The Morgan fingerprint density at radius 3 is 2.94 bits per heavy atom. The van der Waals surface area contributed by atoms with Crippen LogP contribution in [-0.4, -0.2) is 26.3 Å². The zero-order chi connectivity index (χ0) is 12.8. The van der Waals surface area contributed by atoms with E-state index in [1.807, 2.05) is 17.8 Å². The van der Waals surface area contributed by atoms with Crippen LogP contribution in [0.5, 0.6) is 0 Å². The zero-order valence-corrected chi connectivity index (χ0v) is 10.7. The van der Waals surface area contributed by atoms with Gasteiger partial charge >= 0.3 is 6.01 Å². The molecule has 0 saturated heterocycles. The monoisotopic (exact) mass is 250 g/mol. The van der Waals surface area contributed by atoms with Crippen LogP contribution in [0.4, 0.5) is 6.01 Å². The van der Waals surface area contributed by atoms with Gasteiger partial charge in [0.1, 0.15) is 5.82 Å². The lowest BCUT2D eigenvalue weighted by molar-refractivity contribution is 0.476. The van der Waals surface area contributed by atoms with Crippen molar-refractivity contribution in [2.24, 2.45) is 7.05 Å². The minimum atomic E-state index is 0.422. The molecule has 0 fully saturated rings. The molecule has 7 heteroatoms. The van der Waals surface area contributed by atoms with E-state index in [4.69, 9.17) is 4.42 Å². The van der Waals surface area contributed by atoms with Gasteiger partial charge in [0.05, 0.1) is 13.1 Å². The van der Waals surface area contributed by atoms with E-state index in [9.17, 15) is 0 Å². The molecule has 0 aliphatic rings. The van der Waals surface area contributed by atoms with Crippen LogP contribution in [-0.2, 0) is 20.1 Å². The minimum absolute atomic E-state index is 0.422. The van der Waals surface area contributed by atoms with Gasteiger partial charge in [0.15, 0.2) is 0 Å². The fourth-order valence-electron chi connectivity index (χ4n) is 1.49. The van der Waals surface area contributed by atoms with Crippen LogP contribution in [0.15, 0.2) is 16.8 Å². The van der Waals surface area contributed by atoms with Crippen molar-refractivity contribution in [1.29, 1.82) is 0 Å². The highest BCUT2D eigenvalue weighted by Gasteiger charge is 2.06. The summed E-state index contributed by atoms with van der Waals surface area (Å²) in [5, 5.41) is 14.1. The molecule has 0 aliphatic carbocycles. The van der Waals surface area contributed by atoms with Crippen LogP contribution in [0, 0.1) is 0 Å². The second kappa shape index (κ2) is 6.15. The number of imidazole rings is 1. The van der Waals surface area contributed by atoms with Crippen LogP contribution in [0.3, 0.4) is 0 Å². The van der Waals surface area contributed by atoms with Gasteiger partial charge in [-0.25, -0.2) is 4.98 Å². The molecule has 0 radical (unpaired) electrons. The lowest BCUT2D eigenvalue weighted by Gasteiger charge is -2.01. The van der Waals surface area contributed by atoms with Crippen molar-refractivity contribution in [3.63, 3.8) is 0 Å². The number of aromatic nitrogens is 4. The molecule has 0 spiro atoms. The van der Waals surface area contributed by atoms with Crippen LogP contribution >= 0.6 is 0 Å². The third-order valence-corrected chi connectivity index (χ3v) is 2.49. The summed E-state index contributed by atoms with van der Waals surface area (Å²) in [5.41, 5.74) is 0. The molecule has 0 aromatic carbocycles. The third-order valence-electron chi connectivity index (χ3n) is 2.49. The Bertz CT molecular complexity index is 477. The second-order valence-corrected chi connectivity index (χ2v) is 3.99. The molecule has 0 atom stereocenters. The van der Waals surface area contributed by atoms with Gasteiger partial charge in [-0.1, -0.05) is 12.0 Å². The zero-order valence-electron chi connectivity index (χ0n) is 10.7. The molecule has 0 aliphatic heterocycles. The van der Waals surface area contributed by atoms with E-state index in [-0.39, 0.29) is 0 Å². The first-order valence-electron chi connectivity index (χ1n) is 6.02. The Labute approximate surface area is 106 Å². The molecule has 2 heterocycles. The SMILES string of the molecule is CCCNCc1nnc(NCc2nccn2C)o1. The molecule has 0 saturated carbocycles. The smallest absolute Gasteiger partial charge is 0.315 e. The maximum Gasteiger partial charge on any atom is 0.315 e. The Balaban J connectivity index is 1.81. The van der Waals surface area contributed by atoms with Crippen molar-refractivity contribution in [1.82, 2.24) is 25.1 Å². The minimum Gasteiger partial charge on any atom is -0.407 e. The molecular weight excluding hydrogens is 232 g/mol. The average Bonchev–Trinajstić information content (AvgIpc) is 2.96. The highest BCUT2D eigenvalue weighted by Crippen LogP contribution is 2.06. The first-order chi connectivity index (χ1) is 8.79. The van der Waals surface area contributed by atoms with Gasteiger partial charge in [0.25, 0.3) is 0 Å². The van der Waals surface area contributed by atoms with Gasteiger partial charge in [-0.2, -0.15) is 0 Å². The Morgan fingerprint density at radius 2 is 2.22 bits per heavy atom. The van der Waals surface area contributed by atoms with Crippen LogP contribution in [0.25, 0.3) is 0 Å². The van der Waals surface area contributed by atoms with Crippen molar-refractivity contribution in [3.8, 4) is 0 Å². The topological polar surface area (TPSA) is 80.8 Å². The first-order valence-corrected chi connectivity index (χ1v) is 6.02. The second-order valence-electron chi connectivity index (χ2n) is 3.99. The Morgan fingerprint density at radius 1 is 1.33 bits per heavy atom. The summed E-state index contributed by atoms with van der Waals surface area (Å²) in [6.07, 6.45) is 4.73. The molecule has 2 N–H and O–H groups in total. The van der Waals surface area contributed by atoms with Gasteiger partial charge in [0, 0.05) is 19.4 Å². The molecule has 0 unspecified atom stereocenters. The molecule has 2 rings (SSSR count). The number of anilines is 1.